The van der Waals surface area contributed by atoms with Gasteiger partial charge < -0.3 is 10.2 Å². The Morgan fingerprint density at radius 3 is 2.45 bits per heavy atom. The van der Waals surface area contributed by atoms with Crippen molar-refractivity contribution in [2.45, 2.75) is 58.6 Å². The Labute approximate surface area is 121 Å². The van der Waals surface area contributed by atoms with E-state index in [0.717, 1.165) is 12.8 Å². The Morgan fingerprint density at radius 2 is 2.05 bits per heavy atom. The van der Waals surface area contributed by atoms with Crippen LogP contribution in [-0.2, 0) is 10.0 Å². The van der Waals surface area contributed by atoms with Crippen molar-refractivity contribution in [3.8, 4) is 0 Å². The van der Waals surface area contributed by atoms with E-state index in [0.29, 0.717) is 18.8 Å². The minimum atomic E-state index is -3.51. The van der Waals surface area contributed by atoms with Crippen LogP contribution in [0.4, 0.5) is 0 Å². The predicted molar refractivity (Wildman–Crippen MR) is 77.6 cm³/mol. The smallest absolute Gasteiger partial charge is 0.212 e. The van der Waals surface area contributed by atoms with Gasteiger partial charge in [0, 0.05) is 11.5 Å². The van der Waals surface area contributed by atoms with Crippen LogP contribution in [0.15, 0.2) is 0 Å². The monoisotopic (exact) mass is 305 g/mol. The van der Waals surface area contributed by atoms with E-state index in [4.69, 9.17) is 5.11 Å². The summed E-state index contributed by atoms with van der Waals surface area (Å²) in [4.78, 5) is 0. The fourth-order valence-electron chi connectivity index (χ4n) is 4.26. The van der Waals surface area contributed by atoms with E-state index in [1.165, 1.54) is 0 Å². The first-order chi connectivity index (χ1) is 9.18. The van der Waals surface area contributed by atoms with Crippen LogP contribution in [0.25, 0.3) is 0 Å². The van der Waals surface area contributed by atoms with Crippen molar-refractivity contribution in [3.05, 3.63) is 0 Å². The van der Waals surface area contributed by atoms with E-state index in [-0.39, 0.29) is 17.8 Å². The Bertz CT molecular complexity index is 458. The second-order valence-corrected chi connectivity index (χ2v) is 8.78. The molecule has 0 aromatic carbocycles. The van der Waals surface area contributed by atoms with Gasteiger partial charge in [-0.1, -0.05) is 20.8 Å². The van der Waals surface area contributed by atoms with Crippen LogP contribution in [-0.4, -0.2) is 43.1 Å². The zero-order valence-corrected chi connectivity index (χ0v) is 13.4. The topological polar surface area (TPSA) is 86.6 Å². The Kier molecular flexibility index (Phi) is 4.24. The van der Waals surface area contributed by atoms with Gasteiger partial charge in [0.15, 0.2) is 0 Å². The first-order valence-electron chi connectivity index (χ1n) is 7.47. The van der Waals surface area contributed by atoms with Gasteiger partial charge in [0.1, 0.15) is 0 Å². The zero-order valence-electron chi connectivity index (χ0n) is 12.6. The molecule has 2 aliphatic rings. The summed E-state index contributed by atoms with van der Waals surface area (Å²) in [6.07, 6.45) is 2.48. The molecule has 0 aromatic rings. The highest BCUT2D eigenvalue weighted by Crippen LogP contribution is 2.65. The van der Waals surface area contributed by atoms with Gasteiger partial charge in [-0.05, 0) is 37.0 Å². The molecule has 118 valence electrons. The molecule has 4 atom stereocenters. The molecular weight excluding hydrogens is 278 g/mol. The highest BCUT2D eigenvalue weighted by molar-refractivity contribution is 7.89. The summed E-state index contributed by atoms with van der Waals surface area (Å²) in [6, 6.07) is -0.435. The second kappa shape index (κ2) is 5.23. The predicted octanol–water partition coefficient (Wildman–Crippen LogP) is 0.864. The van der Waals surface area contributed by atoms with Crippen LogP contribution in [0.3, 0.4) is 0 Å². The van der Waals surface area contributed by atoms with Crippen molar-refractivity contribution < 1.29 is 18.6 Å². The number of hydrogen-bond donors (Lipinski definition) is 3. The molecule has 0 radical (unpaired) electrons. The largest absolute Gasteiger partial charge is 0.395 e. The van der Waals surface area contributed by atoms with Crippen molar-refractivity contribution in [1.82, 2.24) is 4.72 Å². The highest BCUT2D eigenvalue weighted by Gasteiger charge is 2.64. The average Bonchev–Trinajstić information content (AvgIpc) is 2.69. The van der Waals surface area contributed by atoms with Crippen LogP contribution < -0.4 is 4.72 Å². The lowest BCUT2D eigenvalue weighted by Crippen LogP contribution is -2.49. The van der Waals surface area contributed by atoms with Gasteiger partial charge in [-0.2, -0.15) is 0 Å². The number of nitrogens with one attached hydrogen (secondary N) is 1. The van der Waals surface area contributed by atoms with E-state index in [2.05, 4.69) is 18.6 Å². The summed E-state index contributed by atoms with van der Waals surface area (Å²) >= 11 is 0. The summed E-state index contributed by atoms with van der Waals surface area (Å²) in [5, 5.41) is 19.5. The van der Waals surface area contributed by atoms with Gasteiger partial charge in [0.25, 0.3) is 0 Å². The third kappa shape index (κ3) is 2.40. The molecule has 0 heterocycles. The molecule has 2 aliphatic carbocycles. The first-order valence-corrected chi connectivity index (χ1v) is 9.12. The fourth-order valence-corrected chi connectivity index (χ4v) is 6.48. The molecule has 0 saturated heterocycles. The van der Waals surface area contributed by atoms with Gasteiger partial charge in [0.05, 0.1) is 18.5 Å². The van der Waals surface area contributed by atoms with Gasteiger partial charge in [-0.15, -0.1) is 0 Å². The van der Waals surface area contributed by atoms with Gasteiger partial charge in [-0.3, -0.25) is 0 Å². The lowest BCUT2D eigenvalue weighted by atomic mass is 9.70. The van der Waals surface area contributed by atoms with Crippen LogP contribution in [0.5, 0.6) is 0 Å². The number of aliphatic hydroxyl groups is 2. The lowest BCUT2D eigenvalue weighted by Gasteiger charge is -2.40. The molecule has 20 heavy (non-hydrogen) atoms. The maximum Gasteiger partial charge on any atom is 0.212 e. The molecule has 2 rings (SSSR count). The van der Waals surface area contributed by atoms with E-state index >= 15 is 0 Å². The van der Waals surface area contributed by atoms with Crippen molar-refractivity contribution in [2.24, 2.45) is 16.7 Å². The summed E-state index contributed by atoms with van der Waals surface area (Å²) < 4.78 is 27.4. The number of aliphatic hydroxyl groups excluding tert-OH is 2. The molecule has 0 amide bonds. The normalized spacial score (nSPS) is 37.2. The Balaban J connectivity index is 2.20. The molecule has 0 aromatic heterocycles. The highest BCUT2D eigenvalue weighted by atomic mass is 32.2. The number of hydrogen-bond acceptors (Lipinski definition) is 4. The quantitative estimate of drug-likeness (QED) is 0.679. The summed E-state index contributed by atoms with van der Waals surface area (Å²) in [5.41, 5.74) is -0.695. The first kappa shape index (κ1) is 16.2. The maximum atomic E-state index is 12.4. The molecule has 0 aliphatic heterocycles. The molecule has 3 N–H and O–H groups in total. The molecular formula is C14H27NO4S. The SMILES string of the molecule is CC[C@H](CO)NS(=O)(=O)C[C@@]12CCC(C[C@H]1O)C2(C)C. The molecule has 0 spiro atoms. The fraction of sp³-hybridized carbons (Fsp3) is 1.00. The Morgan fingerprint density at radius 1 is 1.40 bits per heavy atom. The zero-order chi connectivity index (χ0) is 15.2. The lowest BCUT2D eigenvalue weighted by molar-refractivity contribution is 0.0151. The van der Waals surface area contributed by atoms with E-state index in [1.54, 1.807) is 0 Å². The molecule has 5 nitrogen and oxygen atoms in total. The van der Waals surface area contributed by atoms with Gasteiger partial charge in [0.2, 0.25) is 10.0 Å². The summed E-state index contributed by atoms with van der Waals surface area (Å²) in [6.45, 7) is 5.80. The van der Waals surface area contributed by atoms with Crippen molar-refractivity contribution >= 4 is 10.0 Å². The van der Waals surface area contributed by atoms with Crippen LogP contribution in [0.1, 0.15) is 46.5 Å². The number of fused-ring (bicyclic) bond motifs is 2. The van der Waals surface area contributed by atoms with Crippen molar-refractivity contribution in [1.29, 1.82) is 0 Å². The molecule has 2 bridgehead atoms. The Hall–Kier alpha value is -0.170. The standard InChI is InChI=1S/C14H27NO4S/c1-4-11(8-16)15-20(18,19)9-14-6-5-10(7-12(14)17)13(14,2)3/h10-12,15-17H,4-9H2,1-3H3/t10?,11-,12-,14+/m1/s1. The summed E-state index contributed by atoms with van der Waals surface area (Å²) in [7, 11) is -3.51. The molecule has 2 saturated carbocycles. The average molecular weight is 305 g/mol. The minimum Gasteiger partial charge on any atom is -0.395 e. The minimum absolute atomic E-state index is 0.0405. The molecule has 1 unspecified atom stereocenters. The van der Waals surface area contributed by atoms with Gasteiger partial charge in [-0.25, -0.2) is 13.1 Å². The molecule has 2 fully saturated rings. The van der Waals surface area contributed by atoms with Gasteiger partial charge >= 0.3 is 0 Å². The van der Waals surface area contributed by atoms with Crippen molar-refractivity contribution in [3.63, 3.8) is 0 Å². The van der Waals surface area contributed by atoms with Crippen LogP contribution in [0.2, 0.25) is 0 Å². The number of rotatable bonds is 6. The van der Waals surface area contributed by atoms with E-state index in [1.807, 2.05) is 6.92 Å². The third-order valence-corrected chi connectivity index (χ3v) is 7.48. The maximum absolute atomic E-state index is 12.4. The van der Waals surface area contributed by atoms with Crippen LogP contribution in [0, 0.1) is 16.7 Å². The van der Waals surface area contributed by atoms with E-state index < -0.39 is 27.6 Å². The second-order valence-electron chi connectivity index (χ2n) is 7.03. The molecule has 6 heteroatoms. The van der Waals surface area contributed by atoms with E-state index in [9.17, 15) is 13.5 Å². The van der Waals surface area contributed by atoms with Crippen molar-refractivity contribution in [2.75, 3.05) is 12.4 Å². The summed E-state index contributed by atoms with van der Waals surface area (Å²) in [5.74, 6) is 0.369. The van der Waals surface area contributed by atoms with Crippen LogP contribution >= 0.6 is 0 Å². The third-order valence-electron chi connectivity index (χ3n) is 5.90. The number of sulfonamides is 1.